The molecule has 2 aromatic rings. The van der Waals surface area contributed by atoms with Crippen molar-refractivity contribution < 1.29 is 12.8 Å². The number of aromatic nitrogens is 2. The number of hydrogen-bond acceptors (Lipinski definition) is 3. The molecule has 0 radical (unpaired) electrons. The molecule has 19 heavy (non-hydrogen) atoms. The average Bonchev–Trinajstić information content (AvgIpc) is 2.80. The summed E-state index contributed by atoms with van der Waals surface area (Å²) in [5.41, 5.74) is 0.668. The molecule has 2 N–H and O–H groups in total. The molecule has 1 unspecified atom stereocenters. The van der Waals surface area contributed by atoms with Gasteiger partial charge in [-0.05, 0) is 25.1 Å². The molecule has 0 spiro atoms. The number of rotatable bonds is 4. The molecule has 0 bridgehead atoms. The van der Waals surface area contributed by atoms with Gasteiger partial charge in [-0.1, -0.05) is 15.9 Å². The summed E-state index contributed by atoms with van der Waals surface area (Å²) >= 11 is 3.08. The number of nitrogens with one attached hydrogen (secondary N) is 2. The molecule has 0 amide bonds. The molecule has 0 aliphatic heterocycles. The highest BCUT2D eigenvalue weighted by Crippen LogP contribution is 2.21. The summed E-state index contributed by atoms with van der Waals surface area (Å²) in [5, 5.41) is 6.32. The molecule has 1 aromatic carbocycles. The van der Waals surface area contributed by atoms with E-state index in [-0.39, 0.29) is 4.90 Å². The Bertz CT molecular complexity index is 673. The fourth-order valence-corrected chi connectivity index (χ4v) is 3.18. The summed E-state index contributed by atoms with van der Waals surface area (Å²) in [6.45, 7) is 1.65. The second kappa shape index (κ2) is 5.40. The first-order valence-electron chi connectivity index (χ1n) is 5.36. The molecular formula is C11H11BrFN3O2S. The van der Waals surface area contributed by atoms with E-state index in [0.29, 0.717) is 10.0 Å². The van der Waals surface area contributed by atoms with E-state index in [2.05, 4.69) is 30.8 Å². The Labute approximate surface area is 118 Å². The Morgan fingerprint density at radius 3 is 2.79 bits per heavy atom. The van der Waals surface area contributed by atoms with Gasteiger partial charge in [0, 0.05) is 22.3 Å². The van der Waals surface area contributed by atoms with E-state index >= 15 is 0 Å². The molecule has 0 saturated heterocycles. The Hall–Kier alpha value is -1.25. The average molecular weight is 348 g/mol. The van der Waals surface area contributed by atoms with Crippen LogP contribution in [0.15, 0.2) is 40.0 Å². The van der Waals surface area contributed by atoms with Crippen LogP contribution in [0.4, 0.5) is 4.39 Å². The number of aromatic amines is 1. The highest BCUT2D eigenvalue weighted by Gasteiger charge is 2.22. The first-order chi connectivity index (χ1) is 8.90. The van der Waals surface area contributed by atoms with Crippen molar-refractivity contribution in [1.29, 1.82) is 0 Å². The van der Waals surface area contributed by atoms with Gasteiger partial charge in [0.2, 0.25) is 10.0 Å². The lowest BCUT2D eigenvalue weighted by Gasteiger charge is -2.13. The minimum absolute atomic E-state index is 0.383. The molecule has 0 aliphatic rings. The van der Waals surface area contributed by atoms with Gasteiger partial charge in [0.15, 0.2) is 0 Å². The lowest BCUT2D eigenvalue weighted by atomic mass is 10.2. The summed E-state index contributed by atoms with van der Waals surface area (Å²) in [6.07, 6.45) is 3.08. The second-order valence-electron chi connectivity index (χ2n) is 3.95. The number of sulfonamides is 1. The van der Waals surface area contributed by atoms with Crippen LogP contribution >= 0.6 is 15.9 Å². The third kappa shape index (κ3) is 3.20. The SMILES string of the molecule is CC(NS(=O)(=O)c1ccc(Br)cc1F)c1cn[nH]c1. The number of benzene rings is 1. The van der Waals surface area contributed by atoms with E-state index < -0.39 is 21.9 Å². The zero-order valence-corrected chi connectivity index (χ0v) is 12.3. The molecule has 0 saturated carbocycles. The van der Waals surface area contributed by atoms with Gasteiger partial charge in [-0.25, -0.2) is 17.5 Å². The summed E-state index contributed by atoms with van der Waals surface area (Å²) in [5.74, 6) is -0.804. The van der Waals surface area contributed by atoms with Crippen LogP contribution in [-0.4, -0.2) is 18.6 Å². The normalized spacial score (nSPS) is 13.4. The minimum atomic E-state index is -3.92. The Morgan fingerprint density at radius 1 is 1.47 bits per heavy atom. The second-order valence-corrected chi connectivity index (χ2v) is 6.55. The largest absolute Gasteiger partial charge is 0.285 e. The first-order valence-corrected chi connectivity index (χ1v) is 7.64. The quantitative estimate of drug-likeness (QED) is 0.891. The number of hydrogen-bond donors (Lipinski definition) is 2. The summed E-state index contributed by atoms with van der Waals surface area (Å²) in [6, 6.07) is 3.29. The highest BCUT2D eigenvalue weighted by atomic mass is 79.9. The Balaban J connectivity index is 2.28. The van der Waals surface area contributed by atoms with Crippen LogP contribution in [0.2, 0.25) is 0 Å². The van der Waals surface area contributed by atoms with Crippen molar-refractivity contribution in [3.63, 3.8) is 0 Å². The van der Waals surface area contributed by atoms with E-state index in [1.165, 1.54) is 18.3 Å². The number of halogens is 2. The minimum Gasteiger partial charge on any atom is -0.285 e. The molecule has 0 aliphatic carbocycles. The van der Waals surface area contributed by atoms with Gasteiger partial charge in [0.1, 0.15) is 10.7 Å². The van der Waals surface area contributed by atoms with Gasteiger partial charge < -0.3 is 0 Å². The van der Waals surface area contributed by atoms with Crippen LogP contribution in [0.1, 0.15) is 18.5 Å². The summed E-state index contributed by atoms with van der Waals surface area (Å²) in [7, 11) is -3.92. The maximum Gasteiger partial charge on any atom is 0.244 e. The van der Waals surface area contributed by atoms with Crippen molar-refractivity contribution in [1.82, 2.24) is 14.9 Å². The van der Waals surface area contributed by atoms with Gasteiger partial charge in [-0.3, -0.25) is 5.10 Å². The summed E-state index contributed by atoms with van der Waals surface area (Å²) < 4.78 is 40.7. The van der Waals surface area contributed by atoms with Crippen molar-refractivity contribution >= 4 is 26.0 Å². The van der Waals surface area contributed by atoms with E-state index in [1.54, 1.807) is 13.1 Å². The highest BCUT2D eigenvalue weighted by molar-refractivity contribution is 9.10. The van der Waals surface area contributed by atoms with E-state index in [1.807, 2.05) is 0 Å². The van der Waals surface area contributed by atoms with Crippen LogP contribution in [0.3, 0.4) is 0 Å². The van der Waals surface area contributed by atoms with Crippen LogP contribution in [0.25, 0.3) is 0 Å². The maximum atomic E-state index is 13.7. The Morgan fingerprint density at radius 2 is 2.21 bits per heavy atom. The molecular weight excluding hydrogens is 337 g/mol. The van der Waals surface area contributed by atoms with E-state index in [4.69, 9.17) is 0 Å². The smallest absolute Gasteiger partial charge is 0.244 e. The molecule has 1 heterocycles. The topological polar surface area (TPSA) is 74.8 Å². The lowest BCUT2D eigenvalue weighted by molar-refractivity contribution is 0.546. The molecule has 102 valence electrons. The van der Waals surface area contributed by atoms with Gasteiger partial charge in [0.25, 0.3) is 0 Å². The van der Waals surface area contributed by atoms with Gasteiger partial charge in [-0.15, -0.1) is 0 Å². The van der Waals surface area contributed by atoms with Crippen LogP contribution < -0.4 is 4.72 Å². The fourth-order valence-electron chi connectivity index (χ4n) is 1.56. The molecule has 1 atom stereocenters. The third-order valence-corrected chi connectivity index (χ3v) is 4.60. The van der Waals surface area contributed by atoms with Gasteiger partial charge in [-0.2, -0.15) is 5.10 Å². The predicted octanol–water partition coefficient (Wildman–Crippen LogP) is 2.35. The molecule has 2 rings (SSSR count). The van der Waals surface area contributed by atoms with Crippen LogP contribution in [-0.2, 0) is 10.0 Å². The zero-order valence-electron chi connectivity index (χ0n) is 9.89. The van der Waals surface area contributed by atoms with E-state index in [9.17, 15) is 12.8 Å². The Kier molecular flexibility index (Phi) is 4.02. The van der Waals surface area contributed by atoms with Crippen LogP contribution in [0.5, 0.6) is 0 Å². The van der Waals surface area contributed by atoms with Crippen LogP contribution in [0, 0.1) is 5.82 Å². The van der Waals surface area contributed by atoms with Gasteiger partial charge in [0.05, 0.1) is 6.20 Å². The monoisotopic (exact) mass is 347 g/mol. The first kappa shape index (κ1) is 14.2. The van der Waals surface area contributed by atoms with Crippen molar-refractivity contribution in [2.24, 2.45) is 0 Å². The predicted molar refractivity (Wildman–Crippen MR) is 71.4 cm³/mol. The maximum absolute atomic E-state index is 13.7. The van der Waals surface area contributed by atoms with Crippen molar-refractivity contribution in [2.45, 2.75) is 17.9 Å². The van der Waals surface area contributed by atoms with Gasteiger partial charge >= 0.3 is 0 Å². The zero-order chi connectivity index (χ0) is 14.0. The molecule has 5 nitrogen and oxygen atoms in total. The third-order valence-electron chi connectivity index (χ3n) is 2.53. The molecule has 8 heteroatoms. The fraction of sp³-hybridized carbons (Fsp3) is 0.182. The lowest BCUT2D eigenvalue weighted by Crippen LogP contribution is -2.27. The molecule has 1 aromatic heterocycles. The summed E-state index contributed by atoms with van der Waals surface area (Å²) in [4.78, 5) is -0.383. The van der Waals surface area contributed by atoms with E-state index in [0.717, 1.165) is 6.07 Å². The standard InChI is InChI=1S/C11H11BrFN3O2S/c1-7(8-5-14-15-6-8)16-19(17,18)11-3-2-9(12)4-10(11)13/h2-7,16H,1H3,(H,14,15). The number of nitrogens with zero attached hydrogens (tertiary/aromatic N) is 1. The van der Waals surface area contributed by atoms with Crippen molar-refractivity contribution in [3.8, 4) is 0 Å². The van der Waals surface area contributed by atoms with Crippen molar-refractivity contribution in [2.75, 3.05) is 0 Å². The number of H-pyrrole nitrogens is 1. The molecule has 0 fully saturated rings. The van der Waals surface area contributed by atoms with Crippen molar-refractivity contribution in [3.05, 3.63) is 46.4 Å².